The van der Waals surface area contributed by atoms with E-state index in [0.29, 0.717) is 5.92 Å². The van der Waals surface area contributed by atoms with Gasteiger partial charge >= 0.3 is 0 Å². The maximum absolute atomic E-state index is 6.31. The van der Waals surface area contributed by atoms with E-state index in [0.717, 1.165) is 28.4 Å². The molecule has 0 spiro atoms. The van der Waals surface area contributed by atoms with E-state index in [2.05, 4.69) is 37.2 Å². The standard InChI is InChI=1S/C16H22Cl2N2/c1-10(2)16(4,5)9-20-14-8-12(18)6-7-13(14)19-15(20)11(3)17/h6-8,10-11H,9H2,1-5H3. The number of benzene rings is 1. The summed E-state index contributed by atoms with van der Waals surface area (Å²) in [5.41, 5.74) is 2.18. The van der Waals surface area contributed by atoms with Gasteiger partial charge in [0.2, 0.25) is 0 Å². The number of imidazole rings is 1. The summed E-state index contributed by atoms with van der Waals surface area (Å²) in [6, 6.07) is 5.81. The average molecular weight is 313 g/mol. The van der Waals surface area contributed by atoms with Crippen molar-refractivity contribution in [3.05, 3.63) is 29.0 Å². The Morgan fingerprint density at radius 1 is 1.25 bits per heavy atom. The highest BCUT2D eigenvalue weighted by atomic mass is 35.5. The molecule has 0 saturated heterocycles. The van der Waals surface area contributed by atoms with Crippen LogP contribution in [0.5, 0.6) is 0 Å². The van der Waals surface area contributed by atoms with Crippen molar-refractivity contribution in [3.8, 4) is 0 Å². The first-order valence-electron chi connectivity index (χ1n) is 7.02. The molecule has 0 N–H and O–H groups in total. The van der Waals surface area contributed by atoms with E-state index in [4.69, 9.17) is 23.2 Å². The molecule has 4 heteroatoms. The van der Waals surface area contributed by atoms with E-state index < -0.39 is 0 Å². The van der Waals surface area contributed by atoms with Gasteiger partial charge in [-0.05, 0) is 36.5 Å². The van der Waals surface area contributed by atoms with Crippen LogP contribution in [0.15, 0.2) is 18.2 Å². The van der Waals surface area contributed by atoms with Crippen molar-refractivity contribution in [1.29, 1.82) is 0 Å². The second-order valence-electron chi connectivity index (χ2n) is 6.45. The van der Waals surface area contributed by atoms with Gasteiger partial charge in [0.15, 0.2) is 0 Å². The molecule has 110 valence electrons. The van der Waals surface area contributed by atoms with E-state index in [1.165, 1.54) is 0 Å². The fraction of sp³-hybridized carbons (Fsp3) is 0.562. The minimum atomic E-state index is -0.121. The van der Waals surface area contributed by atoms with Gasteiger partial charge in [-0.15, -0.1) is 11.6 Å². The van der Waals surface area contributed by atoms with Crippen molar-refractivity contribution in [2.45, 2.75) is 46.5 Å². The maximum atomic E-state index is 6.31. The van der Waals surface area contributed by atoms with Gasteiger partial charge in [0.25, 0.3) is 0 Å². The van der Waals surface area contributed by atoms with Crippen LogP contribution in [-0.4, -0.2) is 9.55 Å². The van der Waals surface area contributed by atoms with Crippen LogP contribution in [0.25, 0.3) is 11.0 Å². The molecule has 0 fully saturated rings. The van der Waals surface area contributed by atoms with Gasteiger partial charge in [-0.1, -0.05) is 39.3 Å². The van der Waals surface area contributed by atoms with Gasteiger partial charge in [-0.25, -0.2) is 4.98 Å². The molecule has 2 nitrogen and oxygen atoms in total. The van der Waals surface area contributed by atoms with Crippen molar-refractivity contribution in [2.24, 2.45) is 11.3 Å². The number of nitrogens with zero attached hydrogens (tertiary/aromatic N) is 2. The Hall–Kier alpha value is -0.730. The normalized spacial score (nSPS) is 14.2. The van der Waals surface area contributed by atoms with Crippen LogP contribution < -0.4 is 0 Å². The van der Waals surface area contributed by atoms with Crippen molar-refractivity contribution in [2.75, 3.05) is 0 Å². The van der Waals surface area contributed by atoms with E-state index in [1.807, 2.05) is 25.1 Å². The van der Waals surface area contributed by atoms with Gasteiger partial charge in [-0.3, -0.25) is 0 Å². The molecule has 0 saturated carbocycles. The van der Waals surface area contributed by atoms with E-state index in [1.54, 1.807) is 0 Å². The highest BCUT2D eigenvalue weighted by molar-refractivity contribution is 6.31. The molecular weight excluding hydrogens is 291 g/mol. The Bertz CT molecular complexity index is 612. The molecule has 2 aromatic rings. The first-order chi connectivity index (χ1) is 9.22. The smallest absolute Gasteiger partial charge is 0.127 e. The van der Waals surface area contributed by atoms with Crippen molar-refractivity contribution in [3.63, 3.8) is 0 Å². The summed E-state index contributed by atoms with van der Waals surface area (Å²) in [6.07, 6.45) is 0. The largest absolute Gasteiger partial charge is 0.326 e. The lowest BCUT2D eigenvalue weighted by Gasteiger charge is -2.31. The second kappa shape index (κ2) is 5.57. The minimum Gasteiger partial charge on any atom is -0.326 e. The molecule has 1 heterocycles. The summed E-state index contributed by atoms with van der Waals surface area (Å²) in [7, 11) is 0. The number of aromatic nitrogens is 2. The summed E-state index contributed by atoms with van der Waals surface area (Å²) < 4.78 is 2.22. The summed E-state index contributed by atoms with van der Waals surface area (Å²) in [5, 5.41) is 0.610. The Balaban J connectivity index is 2.59. The van der Waals surface area contributed by atoms with Gasteiger partial charge in [0.1, 0.15) is 5.82 Å². The maximum Gasteiger partial charge on any atom is 0.127 e. The molecule has 0 amide bonds. The number of rotatable bonds is 4. The van der Waals surface area contributed by atoms with E-state index in [-0.39, 0.29) is 10.8 Å². The predicted octanol–water partition coefficient (Wildman–Crippen LogP) is 5.67. The van der Waals surface area contributed by atoms with Crippen LogP contribution in [0.2, 0.25) is 5.02 Å². The Kier molecular flexibility index (Phi) is 4.36. The molecular formula is C16H22Cl2N2. The minimum absolute atomic E-state index is 0.121. The fourth-order valence-corrected chi connectivity index (χ4v) is 2.51. The molecule has 1 atom stereocenters. The number of halogens is 2. The monoisotopic (exact) mass is 312 g/mol. The molecule has 1 aromatic heterocycles. The van der Waals surface area contributed by atoms with E-state index in [9.17, 15) is 0 Å². The first-order valence-corrected chi connectivity index (χ1v) is 7.83. The number of fused-ring (bicyclic) bond motifs is 1. The van der Waals surface area contributed by atoms with Crippen LogP contribution in [0, 0.1) is 11.3 Å². The molecule has 0 aliphatic heterocycles. The average Bonchev–Trinajstić information content (AvgIpc) is 2.67. The Morgan fingerprint density at radius 3 is 2.45 bits per heavy atom. The molecule has 2 rings (SSSR count). The van der Waals surface area contributed by atoms with Gasteiger partial charge in [0, 0.05) is 11.6 Å². The molecule has 20 heavy (non-hydrogen) atoms. The molecule has 0 aliphatic rings. The van der Waals surface area contributed by atoms with E-state index >= 15 is 0 Å². The topological polar surface area (TPSA) is 17.8 Å². The van der Waals surface area contributed by atoms with Crippen LogP contribution in [0.3, 0.4) is 0 Å². The third-order valence-corrected chi connectivity index (χ3v) is 4.65. The molecule has 0 bridgehead atoms. The van der Waals surface area contributed by atoms with Crippen molar-refractivity contribution < 1.29 is 0 Å². The second-order valence-corrected chi connectivity index (χ2v) is 7.54. The van der Waals surface area contributed by atoms with Crippen LogP contribution in [0.4, 0.5) is 0 Å². The molecule has 0 aliphatic carbocycles. The van der Waals surface area contributed by atoms with Crippen LogP contribution in [0.1, 0.15) is 45.8 Å². The van der Waals surface area contributed by atoms with Crippen LogP contribution in [-0.2, 0) is 6.54 Å². The quantitative estimate of drug-likeness (QED) is 0.665. The Labute approximate surface area is 131 Å². The number of alkyl halides is 1. The highest BCUT2D eigenvalue weighted by Gasteiger charge is 2.26. The summed E-state index contributed by atoms with van der Waals surface area (Å²) in [4.78, 5) is 4.67. The molecule has 0 radical (unpaired) electrons. The lowest BCUT2D eigenvalue weighted by molar-refractivity contribution is 0.210. The number of hydrogen-bond acceptors (Lipinski definition) is 1. The van der Waals surface area contributed by atoms with Gasteiger partial charge in [-0.2, -0.15) is 0 Å². The summed E-state index contributed by atoms with van der Waals surface area (Å²) in [5.74, 6) is 1.48. The summed E-state index contributed by atoms with van der Waals surface area (Å²) in [6.45, 7) is 11.9. The van der Waals surface area contributed by atoms with Crippen molar-refractivity contribution in [1.82, 2.24) is 9.55 Å². The molecule has 1 aromatic carbocycles. The lowest BCUT2D eigenvalue weighted by Crippen LogP contribution is -2.26. The zero-order valence-corrected chi connectivity index (χ0v) is 14.3. The fourth-order valence-electron chi connectivity index (χ4n) is 2.17. The number of hydrogen-bond donors (Lipinski definition) is 0. The SMILES string of the molecule is CC(Cl)c1nc2ccc(Cl)cc2n1CC(C)(C)C(C)C. The lowest BCUT2D eigenvalue weighted by atomic mass is 9.81. The van der Waals surface area contributed by atoms with Gasteiger partial charge < -0.3 is 4.57 Å². The third kappa shape index (κ3) is 2.96. The Morgan fingerprint density at radius 2 is 1.90 bits per heavy atom. The zero-order chi connectivity index (χ0) is 15.1. The third-order valence-electron chi connectivity index (χ3n) is 4.22. The highest BCUT2D eigenvalue weighted by Crippen LogP contribution is 2.33. The molecule has 1 unspecified atom stereocenters. The van der Waals surface area contributed by atoms with Crippen LogP contribution >= 0.6 is 23.2 Å². The van der Waals surface area contributed by atoms with Crippen molar-refractivity contribution >= 4 is 34.2 Å². The summed E-state index contributed by atoms with van der Waals surface area (Å²) >= 11 is 12.5. The zero-order valence-electron chi connectivity index (χ0n) is 12.7. The first kappa shape index (κ1) is 15.7. The van der Waals surface area contributed by atoms with Gasteiger partial charge in [0.05, 0.1) is 16.4 Å². The predicted molar refractivity (Wildman–Crippen MR) is 87.6 cm³/mol.